The molecule has 1 heterocycles. The average Bonchev–Trinajstić information content (AvgIpc) is 2.68. The third-order valence-corrected chi connectivity index (χ3v) is 6.43. The maximum absolute atomic E-state index is 12.2. The lowest BCUT2D eigenvalue weighted by Crippen LogP contribution is -2.34. The Kier molecular flexibility index (Phi) is 6.41. The number of nitrogens with two attached hydrogens (primary N) is 1. The number of rotatable bonds is 7. The maximum Gasteiger partial charge on any atom is 0.242 e. The van der Waals surface area contributed by atoms with Crippen LogP contribution < -0.4 is 10.5 Å². The molecule has 0 amide bonds. The summed E-state index contributed by atoms with van der Waals surface area (Å²) in [6.07, 6.45) is 0.762. The van der Waals surface area contributed by atoms with Crippen molar-refractivity contribution in [2.45, 2.75) is 30.8 Å². The van der Waals surface area contributed by atoms with Gasteiger partial charge in [0.25, 0.3) is 0 Å². The molecule has 19 heavy (non-hydrogen) atoms. The van der Waals surface area contributed by atoms with Gasteiger partial charge in [-0.05, 0) is 56.0 Å². The molecule has 0 aliphatic heterocycles. The second-order valence-electron chi connectivity index (χ2n) is 4.67. The Morgan fingerprint density at radius 1 is 1.53 bits per heavy atom. The Morgan fingerprint density at radius 3 is 2.63 bits per heavy atom. The number of hydrogen-bond acceptors (Lipinski definition) is 5. The standard InChI is InChI=1S/C11H20BrN3O2S2/c1-8(4-5-15(2)3)14-19(16,17)10-6-9(7-13)18-11(10)12/h6,8,14H,4-5,7,13H2,1-3H3. The zero-order valence-electron chi connectivity index (χ0n) is 11.3. The predicted octanol–water partition coefficient (Wildman–Crippen LogP) is 1.59. The Labute approximate surface area is 127 Å². The van der Waals surface area contributed by atoms with E-state index in [1.54, 1.807) is 6.07 Å². The number of nitrogens with zero attached hydrogens (tertiary/aromatic N) is 1. The highest BCUT2D eigenvalue weighted by Gasteiger charge is 2.22. The van der Waals surface area contributed by atoms with E-state index in [1.165, 1.54) is 11.3 Å². The molecule has 1 aromatic heterocycles. The molecule has 0 radical (unpaired) electrons. The monoisotopic (exact) mass is 369 g/mol. The quantitative estimate of drug-likeness (QED) is 0.764. The van der Waals surface area contributed by atoms with Gasteiger partial charge in [-0.1, -0.05) is 0 Å². The lowest BCUT2D eigenvalue weighted by atomic mass is 10.2. The number of thiophene rings is 1. The van der Waals surface area contributed by atoms with E-state index in [0.29, 0.717) is 10.3 Å². The van der Waals surface area contributed by atoms with Crippen molar-refractivity contribution in [2.75, 3.05) is 20.6 Å². The third-order valence-electron chi connectivity index (χ3n) is 2.56. The van der Waals surface area contributed by atoms with E-state index in [0.717, 1.165) is 17.8 Å². The number of halogens is 1. The second-order valence-corrected chi connectivity index (χ2v) is 8.81. The first kappa shape index (κ1) is 17.1. The molecule has 8 heteroatoms. The average molecular weight is 370 g/mol. The minimum atomic E-state index is -3.49. The van der Waals surface area contributed by atoms with Gasteiger partial charge >= 0.3 is 0 Å². The summed E-state index contributed by atoms with van der Waals surface area (Å²) in [4.78, 5) is 3.14. The van der Waals surface area contributed by atoms with Crippen LogP contribution in [0.25, 0.3) is 0 Å². The SMILES string of the molecule is CC(CCN(C)C)NS(=O)(=O)c1cc(CN)sc1Br. The molecule has 0 saturated heterocycles. The Balaban J connectivity index is 2.77. The molecule has 0 aliphatic rings. The van der Waals surface area contributed by atoms with Crippen LogP contribution in [0.1, 0.15) is 18.2 Å². The van der Waals surface area contributed by atoms with Crippen LogP contribution in [0, 0.1) is 0 Å². The zero-order valence-corrected chi connectivity index (χ0v) is 14.5. The smallest absolute Gasteiger partial charge is 0.242 e. The van der Waals surface area contributed by atoms with E-state index in [2.05, 4.69) is 20.7 Å². The van der Waals surface area contributed by atoms with Crippen molar-refractivity contribution >= 4 is 37.3 Å². The summed E-state index contributed by atoms with van der Waals surface area (Å²) in [5, 5.41) is 0. The van der Waals surface area contributed by atoms with Gasteiger partial charge in [-0.2, -0.15) is 0 Å². The molecule has 1 aromatic rings. The van der Waals surface area contributed by atoms with Crippen LogP contribution in [0.2, 0.25) is 0 Å². The van der Waals surface area contributed by atoms with Crippen LogP contribution in [0.15, 0.2) is 14.7 Å². The highest BCUT2D eigenvalue weighted by Crippen LogP contribution is 2.31. The summed E-state index contributed by atoms with van der Waals surface area (Å²) >= 11 is 4.63. The number of hydrogen-bond donors (Lipinski definition) is 2. The van der Waals surface area contributed by atoms with Crippen molar-refractivity contribution in [1.82, 2.24) is 9.62 Å². The fourth-order valence-corrected chi connectivity index (χ4v) is 5.36. The van der Waals surface area contributed by atoms with Gasteiger partial charge in [-0.15, -0.1) is 11.3 Å². The summed E-state index contributed by atoms with van der Waals surface area (Å²) in [6.45, 7) is 3.04. The first-order valence-electron chi connectivity index (χ1n) is 5.91. The fraction of sp³-hybridized carbons (Fsp3) is 0.636. The van der Waals surface area contributed by atoms with Crippen molar-refractivity contribution in [1.29, 1.82) is 0 Å². The van der Waals surface area contributed by atoms with Crippen molar-refractivity contribution < 1.29 is 8.42 Å². The van der Waals surface area contributed by atoms with Crippen LogP contribution in [-0.4, -0.2) is 40.0 Å². The summed E-state index contributed by atoms with van der Waals surface area (Å²) in [7, 11) is 0.437. The summed E-state index contributed by atoms with van der Waals surface area (Å²) in [6, 6.07) is 1.51. The van der Waals surface area contributed by atoms with E-state index in [1.807, 2.05) is 25.9 Å². The van der Waals surface area contributed by atoms with Crippen LogP contribution in [0.5, 0.6) is 0 Å². The highest BCUT2D eigenvalue weighted by molar-refractivity contribution is 9.11. The molecular weight excluding hydrogens is 350 g/mol. The maximum atomic E-state index is 12.2. The normalized spacial score (nSPS) is 14.0. The van der Waals surface area contributed by atoms with E-state index in [-0.39, 0.29) is 10.9 Å². The minimum Gasteiger partial charge on any atom is -0.326 e. The summed E-state index contributed by atoms with van der Waals surface area (Å²) in [5.41, 5.74) is 5.53. The lowest BCUT2D eigenvalue weighted by molar-refractivity contribution is 0.379. The van der Waals surface area contributed by atoms with E-state index >= 15 is 0 Å². The zero-order chi connectivity index (χ0) is 14.6. The Hall–Kier alpha value is 0.01000. The molecule has 1 atom stereocenters. The molecule has 1 rings (SSSR count). The topological polar surface area (TPSA) is 75.4 Å². The van der Waals surface area contributed by atoms with Gasteiger partial charge in [-0.3, -0.25) is 0 Å². The van der Waals surface area contributed by atoms with Crippen LogP contribution in [0.3, 0.4) is 0 Å². The van der Waals surface area contributed by atoms with Gasteiger partial charge in [0.1, 0.15) is 4.90 Å². The molecular formula is C11H20BrN3O2S2. The van der Waals surface area contributed by atoms with Gasteiger partial charge in [0, 0.05) is 17.5 Å². The van der Waals surface area contributed by atoms with E-state index in [9.17, 15) is 8.42 Å². The van der Waals surface area contributed by atoms with Crippen molar-refractivity contribution in [3.8, 4) is 0 Å². The lowest BCUT2D eigenvalue weighted by Gasteiger charge is -2.16. The van der Waals surface area contributed by atoms with Gasteiger partial charge in [0.2, 0.25) is 10.0 Å². The van der Waals surface area contributed by atoms with E-state index in [4.69, 9.17) is 5.73 Å². The molecule has 0 saturated carbocycles. The molecule has 0 fully saturated rings. The predicted molar refractivity (Wildman–Crippen MR) is 82.9 cm³/mol. The summed E-state index contributed by atoms with van der Waals surface area (Å²) in [5.74, 6) is 0. The fourth-order valence-electron chi connectivity index (χ4n) is 1.52. The minimum absolute atomic E-state index is 0.111. The molecule has 5 nitrogen and oxygen atoms in total. The van der Waals surface area contributed by atoms with Crippen LogP contribution in [0.4, 0.5) is 0 Å². The highest BCUT2D eigenvalue weighted by atomic mass is 79.9. The number of nitrogens with one attached hydrogen (secondary N) is 1. The Bertz CT molecular complexity index is 514. The molecule has 0 aromatic carbocycles. The van der Waals surface area contributed by atoms with Crippen molar-refractivity contribution in [2.24, 2.45) is 5.73 Å². The molecule has 0 spiro atoms. The molecule has 1 unspecified atom stereocenters. The molecule has 0 bridgehead atoms. The second kappa shape index (κ2) is 7.14. The largest absolute Gasteiger partial charge is 0.326 e. The molecule has 0 aliphatic carbocycles. The first-order chi connectivity index (χ1) is 8.76. The van der Waals surface area contributed by atoms with Gasteiger partial charge < -0.3 is 10.6 Å². The first-order valence-corrected chi connectivity index (χ1v) is 9.01. The van der Waals surface area contributed by atoms with Crippen LogP contribution in [-0.2, 0) is 16.6 Å². The number of sulfonamides is 1. The Morgan fingerprint density at radius 2 is 2.16 bits per heavy atom. The van der Waals surface area contributed by atoms with Crippen molar-refractivity contribution in [3.63, 3.8) is 0 Å². The van der Waals surface area contributed by atoms with Gasteiger partial charge in [-0.25, -0.2) is 13.1 Å². The third kappa shape index (κ3) is 5.13. The van der Waals surface area contributed by atoms with E-state index < -0.39 is 10.0 Å². The van der Waals surface area contributed by atoms with Crippen molar-refractivity contribution in [3.05, 3.63) is 14.7 Å². The van der Waals surface area contributed by atoms with Gasteiger partial charge in [0.05, 0.1) is 3.79 Å². The van der Waals surface area contributed by atoms with Crippen LogP contribution >= 0.6 is 27.3 Å². The molecule has 110 valence electrons. The van der Waals surface area contributed by atoms with Gasteiger partial charge in [0.15, 0.2) is 0 Å². The molecule has 3 N–H and O–H groups in total. The summed E-state index contributed by atoms with van der Waals surface area (Å²) < 4.78 is 27.8.